The van der Waals surface area contributed by atoms with Gasteiger partial charge in [-0.3, -0.25) is 9.59 Å². The Balaban J connectivity index is 1.66. The van der Waals surface area contributed by atoms with Crippen molar-refractivity contribution in [3.8, 4) is 0 Å². The fourth-order valence-electron chi connectivity index (χ4n) is 3.43. The van der Waals surface area contributed by atoms with E-state index in [0.29, 0.717) is 24.3 Å². The Morgan fingerprint density at radius 1 is 1.10 bits per heavy atom. The van der Waals surface area contributed by atoms with Gasteiger partial charge in [-0.2, -0.15) is 4.31 Å². The minimum absolute atomic E-state index is 0.126. The van der Waals surface area contributed by atoms with Gasteiger partial charge in [0.1, 0.15) is 5.82 Å². The number of carbonyl (C=O) groups is 2. The first kappa shape index (κ1) is 21.9. The number of halogens is 1. The maximum Gasteiger partial charge on any atom is 0.251 e. The second-order valence-electron chi connectivity index (χ2n) is 6.97. The van der Waals surface area contributed by atoms with E-state index in [2.05, 4.69) is 5.32 Å². The molecule has 3 rings (SSSR count). The summed E-state index contributed by atoms with van der Waals surface area (Å²) in [4.78, 5) is 26.5. The van der Waals surface area contributed by atoms with Crippen LogP contribution in [0.25, 0.3) is 0 Å². The molecule has 0 saturated carbocycles. The molecule has 9 heteroatoms. The minimum atomic E-state index is -3.59. The number of rotatable bonds is 7. The summed E-state index contributed by atoms with van der Waals surface area (Å²) in [6.07, 6.45) is 0.136. The largest absolute Gasteiger partial charge is 0.347 e. The highest BCUT2D eigenvalue weighted by molar-refractivity contribution is 7.89. The van der Waals surface area contributed by atoms with Crippen LogP contribution in [0.1, 0.15) is 30.6 Å². The first-order valence-corrected chi connectivity index (χ1v) is 11.2. The van der Waals surface area contributed by atoms with E-state index in [1.807, 2.05) is 0 Å². The third-order valence-electron chi connectivity index (χ3n) is 5.06. The molecule has 0 aromatic heterocycles. The Morgan fingerprint density at radius 2 is 1.70 bits per heavy atom. The van der Waals surface area contributed by atoms with Gasteiger partial charge in [0, 0.05) is 37.3 Å². The van der Waals surface area contributed by atoms with Gasteiger partial charge in [-0.15, -0.1) is 0 Å². The van der Waals surface area contributed by atoms with Crippen LogP contribution in [0.3, 0.4) is 0 Å². The molecule has 1 aliphatic heterocycles. The lowest BCUT2D eigenvalue weighted by atomic mass is 10.2. The van der Waals surface area contributed by atoms with Crippen LogP contribution in [0.5, 0.6) is 0 Å². The number of amides is 2. The van der Waals surface area contributed by atoms with Crippen molar-refractivity contribution in [1.29, 1.82) is 0 Å². The van der Waals surface area contributed by atoms with Gasteiger partial charge >= 0.3 is 0 Å². The average molecular weight is 434 g/mol. The number of hydrogen-bond acceptors (Lipinski definition) is 4. The third kappa shape index (κ3) is 4.52. The van der Waals surface area contributed by atoms with E-state index in [-0.39, 0.29) is 35.5 Å². The van der Waals surface area contributed by atoms with Crippen LogP contribution in [-0.4, -0.2) is 50.2 Å². The van der Waals surface area contributed by atoms with Crippen LogP contribution >= 0.6 is 0 Å². The van der Waals surface area contributed by atoms with Crippen LogP contribution in [0.15, 0.2) is 53.4 Å². The first-order chi connectivity index (χ1) is 14.3. The Bertz CT molecular complexity index is 1020. The molecule has 30 heavy (non-hydrogen) atoms. The number of anilines is 1. The van der Waals surface area contributed by atoms with Crippen molar-refractivity contribution in [1.82, 2.24) is 9.62 Å². The van der Waals surface area contributed by atoms with Crippen LogP contribution < -0.4 is 10.2 Å². The SMILES string of the molecule is CCN(CC)S(=O)(=O)c1ccc(C(=O)N[C@H]2CC(=O)N(c3ccc(F)cc3)C2)cc1. The van der Waals surface area contributed by atoms with Crippen LogP contribution in [0, 0.1) is 5.82 Å². The molecule has 2 amide bonds. The highest BCUT2D eigenvalue weighted by atomic mass is 32.2. The van der Waals surface area contributed by atoms with Crippen molar-refractivity contribution in [2.45, 2.75) is 31.2 Å². The third-order valence-corrected chi connectivity index (χ3v) is 7.12. The van der Waals surface area contributed by atoms with E-state index in [9.17, 15) is 22.4 Å². The van der Waals surface area contributed by atoms with Crippen molar-refractivity contribution in [2.24, 2.45) is 0 Å². The lowest BCUT2D eigenvalue weighted by molar-refractivity contribution is -0.117. The number of benzene rings is 2. The molecule has 1 saturated heterocycles. The summed E-state index contributed by atoms with van der Waals surface area (Å²) >= 11 is 0. The molecule has 0 radical (unpaired) electrons. The highest BCUT2D eigenvalue weighted by Gasteiger charge is 2.32. The first-order valence-electron chi connectivity index (χ1n) is 9.73. The molecule has 1 N–H and O–H groups in total. The fraction of sp³-hybridized carbons (Fsp3) is 0.333. The minimum Gasteiger partial charge on any atom is -0.347 e. The molecular weight excluding hydrogens is 409 g/mol. The lowest BCUT2D eigenvalue weighted by Gasteiger charge is -2.19. The average Bonchev–Trinajstić information content (AvgIpc) is 3.09. The summed E-state index contributed by atoms with van der Waals surface area (Å²) < 4.78 is 39.5. The molecule has 0 unspecified atom stereocenters. The van der Waals surface area contributed by atoms with Gasteiger partial charge in [-0.1, -0.05) is 13.8 Å². The summed E-state index contributed by atoms with van der Waals surface area (Å²) in [6, 6.07) is 10.9. The van der Waals surface area contributed by atoms with Crippen LogP contribution in [0.4, 0.5) is 10.1 Å². The highest BCUT2D eigenvalue weighted by Crippen LogP contribution is 2.22. The molecule has 1 heterocycles. The fourth-order valence-corrected chi connectivity index (χ4v) is 4.89. The van der Waals surface area contributed by atoms with Gasteiger partial charge in [-0.25, -0.2) is 12.8 Å². The molecule has 1 fully saturated rings. The smallest absolute Gasteiger partial charge is 0.251 e. The van der Waals surface area contributed by atoms with Gasteiger partial charge in [0.25, 0.3) is 5.91 Å². The van der Waals surface area contributed by atoms with E-state index < -0.39 is 16.1 Å². The Hall–Kier alpha value is -2.78. The second kappa shape index (κ2) is 8.93. The molecule has 2 aromatic rings. The Kier molecular flexibility index (Phi) is 6.52. The van der Waals surface area contributed by atoms with E-state index in [1.54, 1.807) is 13.8 Å². The zero-order valence-electron chi connectivity index (χ0n) is 16.8. The van der Waals surface area contributed by atoms with E-state index in [4.69, 9.17) is 0 Å². The van der Waals surface area contributed by atoms with Gasteiger partial charge < -0.3 is 10.2 Å². The zero-order valence-corrected chi connectivity index (χ0v) is 17.7. The summed E-state index contributed by atoms with van der Waals surface area (Å²) in [5, 5.41) is 2.80. The molecule has 7 nitrogen and oxygen atoms in total. The topological polar surface area (TPSA) is 86.8 Å². The van der Waals surface area contributed by atoms with Gasteiger partial charge in [0.2, 0.25) is 15.9 Å². The molecule has 0 bridgehead atoms. The quantitative estimate of drug-likeness (QED) is 0.726. The summed E-state index contributed by atoms with van der Waals surface area (Å²) in [5.74, 6) is -0.935. The van der Waals surface area contributed by atoms with Crippen molar-refractivity contribution in [3.63, 3.8) is 0 Å². The Morgan fingerprint density at radius 3 is 2.27 bits per heavy atom. The molecule has 1 atom stereocenters. The zero-order chi connectivity index (χ0) is 21.9. The van der Waals surface area contributed by atoms with Gasteiger partial charge in [0.05, 0.1) is 10.9 Å². The Labute approximate surface area is 175 Å². The molecule has 0 spiro atoms. The van der Waals surface area contributed by atoms with Crippen LogP contribution in [-0.2, 0) is 14.8 Å². The van der Waals surface area contributed by atoms with E-state index >= 15 is 0 Å². The predicted octanol–water partition coefficient (Wildman–Crippen LogP) is 2.39. The van der Waals surface area contributed by atoms with Gasteiger partial charge in [0.15, 0.2) is 0 Å². The summed E-state index contributed by atoms with van der Waals surface area (Å²) in [7, 11) is -3.59. The molecule has 160 valence electrons. The normalized spacial score (nSPS) is 16.9. The number of carbonyl (C=O) groups excluding carboxylic acids is 2. The van der Waals surface area contributed by atoms with Crippen molar-refractivity contribution >= 4 is 27.5 Å². The second-order valence-corrected chi connectivity index (χ2v) is 8.91. The number of hydrogen-bond donors (Lipinski definition) is 1. The molecular formula is C21H24FN3O4S. The number of nitrogens with zero attached hydrogens (tertiary/aromatic N) is 2. The molecule has 1 aliphatic rings. The standard InChI is InChI=1S/C21H24FN3O4S/c1-3-24(4-2)30(28,29)19-11-5-15(6-12-19)21(27)23-17-13-20(26)25(14-17)18-9-7-16(22)8-10-18/h5-12,17H,3-4,13-14H2,1-2H3,(H,23,27)/t17-/m0/s1. The summed E-state index contributed by atoms with van der Waals surface area (Å²) in [5.41, 5.74) is 0.880. The number of nitrogens with one attached hydrogen (secondary N) is 1. The van der Waals surface area contributed by atoms with E-state index in [0.717, 1.165) is 0 Å². The van der Waals surface area contributed by atoms with Crippen molar-refractivity contribution in [3.05, 3.63) is 59.9 Å². The van der Waals surface area contributed by atoms with Crippen molar-refractivity contribution in [2.75, 3.05) is 24.5 Å². The van der Waals surface area contributed by atoms with E-state index in [1.165, 1.54) is 57.7 Å². The maximum absolute atomic E-state index is 13.1. The monoisotopic (exact) mass is 433 g/mol. The van der Waals surface area contributed by atoms with Gasteiger partial charge in [-0.05, 0) is 48.5 Å². The van der Waals surface area contributed by atoms with Crippen LogP contribution in [0.2, 0.25) is 0 Å². The van der Waals surface area contributed by atoms with Crippen molar-refractivity contribution < 1.29 is 22.4 Å². The predicted molar refractivity (Wildman–Crippen MR) is 111 cm³/mol. The number of sulfonamides is 1. The maximum atomic E-state index is 13.1. The molecule has 2 aromatic carbocycles. The summed E-state index contributed by atoms with van der Waals surface area (Å²) in [6.45, 7) is 4.54. The molecule has 0 aliphatic carbocycles. The lowest BCUT2D eigenvalue weighted by Crippen LogP contribution is -2.37.